The number of hydrogen-bond acceptors (Lipinski definition) is 3. The maximum atomic E-state index is 12.5. The molecule has 1 unspecified atom stereocenters. The number of piperidine rings is 1. The Kier molecular flexibility index (Phi) is 9.53. The molecule has 0 aliphatic carbocycles. The third kappa shape index (κ3) is 6.33. The number of carbonyl (C=O) groups is 2. The lowest BCUT2D eigenvalue weighted by Crippen LogP contribution is -2.46. The van der Waals surface area contributed by atoms with Gasteiger partial charge in [0, 0.05) is 25.6 Å². The fourth-order valence-electron chi connectivity index (χ4n) is 3.09. The zero-order chi connectivity index (χ0) is 17.4. The molecule has 3 N–H and O–H groups in total. The summed E-state index contributed by atoms with van der Waals surface area (Å²) in [5.74, 6) is 0.0946. The number of benzene rings is 1. The molecule has 1 heterocycles. The molecule has 1 fully saturated rings. The highest BCUT2D eigenvalue weighted by Gasteiger charge is 2.29. The van der Waals surface area contributed by atoms with E-state index < -0.39 is 6.04 Å². The standard InChI is InChI=1S/C19H29N3O2.ClH/c1-2-3-7-12-21-18(23)16-10-13-22(14-11-16)19(24)17(20)15-8-5-4-6-9-15;/h4-6,8-9,16-17H,2-3,7,10-14,20H2,1H3,(H,21,23);1H. The van der Waals surface area contributed by atoms with Crippen molar-refractivity contribution in [1.82, 2.24) is 10.2 Å². The zero-order valence-corrected chi connectivity index (χ0v) is 15.8. The van der Waals surface area contributed by atoms with E-state index in [1.54, 1.807) is 4.90 Å². The van der Waals surface area contributed by atoms with Crippen LogP contribution in [0.25, 0.3) is 0 Å². The molecule has 6 heteroatoms. The average molecular weight is 368 g/mol. The lowest BCUT2D eigenvalue weighted by Gasteiger charge is -2.33. The van der Waals surface area contributed by atoms with Crippen molar-refractivity contribution in [3.05, 3.63) is 35.9 Å². The van der Waals surface area contributed by atoms with E-state index in [9.17, 15) is 9.59 Å². The minimum Gasteiger partial charge on any atom is -0.356 e. The first kappa shape index (κ1) is 21.5. The van der Waals surface area contributed by atoms with Gasteiger partial charge in [0.15, 0.2) is 0 Å². The molecule has 0 bridgehead atoms. The van der Waals surface area contributed by atoms with Crippen molar-refractivity contribution in [1.29, 1.82) is 0 Å². The molecule has 0 radical (unpaired) electrons. The highest BCUT2D eigenvalue weighted by molar-refractivity contribution is 5.85. The smallest absolute Gasteiger partial charge is 0.244 e. The third-order valence-electron chi connectivity index (χ3n) is 4.68. The molecule has 2 rings (SSSR count). The van der Waals surface area contributed by atoms with E-state index in [0.29, 0.717) is 25.9 Å². The summed E-state index contributed by atoms with van der Waals surface area (Å²) in [5, 5.41) is 3.01. The number of halogens is 1. The van der Waals surface area contributed by atoms with Crippen molar-refractivity contribution in [3.63, 3.8) is 0 Å². The van der Waals surface area contributed by atoms with Crippen molar-refractivity contribution in [3.8, 4) is 0 Å². The maximum Gasteiger partial charge on any atom is 0.244 e. The van der Waals surface area contributed by atoms with Gasteiger partial charge in [-0.15, -0.1) is 12.4 Å². The van der Waals surface area contributed by atoms with Crippen LogP contribution in [0, 0.1) is 5.92 Å². The number of unbranched alkanes of at least 4 members (excludes halogenated alkanes) is 2. The van der Waals surface area contributed by atoms with E-state index in [-0.39, 0.29) is 30.1 Å². The zero-order valence-electron chi connectivity index (χ0n) is 14.9. The summed E-state index contributed by atoms with van der Waals surface area (Å²) in [6, 6.07) is 8.81. The molecule has 1 atom stereocenters. The molecule has 1 saturated heterocycles. The highest BCUT2D eigenvalue weighted by atomic mass is 35.5. The summed E-state index contributed by atoms with van der Waals surface area (Å²) in [5.41, 5.74) is 6.92. The Labute approximate surface area is 156 Å². The second kappa shape index (κ2) is 11.1. The first-order valence-electron chi connectivity index (χ1n) is 9.00. The fourth-order valence-corrected chi connectivity index (χ4v) is 3.09. The SMILES string of the molecule is CCCCCNC(=O)C1CCN(C(=O)C(N)c2ccccc2)CC1.Cl. The van der Waals surface area contributed by atoms with Crippen molar-refractivity contribution >= 4 is 24.2 Å². The summed E-state index contributed by atoms with van der Waals surface area (Å²) in [6.45, 7) is 4.11. The predicted molar refractivity (Wildman–Crippen MR) is 102 cm³/mol. The molecular formula is C19H30ClN3O2. The molecule has 1 aromatic rings. The summed E-state index contributed by atoms with van der Waals surface area (Å²) < 4.78 is 0. The summed E-state index contributed by atoms with van der Waals surface area (Å²) in [7, 11) is 0. The van der Waals surface area contributed by atoms with E-state index in [1.807, 2.05) is 30.3 Å². The van der Waals surface area contributed by atoms with Gasteiger partial charge in [-0.05, 0) is 24.8 Å². The quantitative estimate of drug-likeness (QED) is 0.727. The molecule has 2 amide bonds. The highest BCUT2D eigenvalue weighted by Crippen LogP contribution is 2.21. The number of nitrogens with zero attached hydrogens (tertiary/aromatic N) is 1. The van der Waals surface area contributed by atoms with Gasteiger partial charge in [-0.3, -0.25) is 9.59 Å². The molecule has 5 nitrogen and oxygen atoms in total. The van der Waals surface area contributed by atoms with E-state index in [0.717, 1.165) is 31.4 Å². The Morgan fingerprint density at radius 3 is 2.44 bits per heavy atom. The van der Waals surface area contributed by atoms with Crippen molar-refractivity contribution in [2.24, 2.45) is 11.7 Å². The van der Waals surface area contributed by atoms with Gasteiger partial charge in [0.05, 0.1) is 0 Å². The van der Waals surface area contributed by atoms with E-state index >= 15 is 0 Å². The monoisotopic (exact) mass is 367 g/mol. The number of nitrogens with two attached hydrogens (primary N) is 1. The number of nitrogens with one attached hydrogen (secondary N) is 1. The molecule has 0 aromatic heterocycles. The topological polar surface area (TPSA) is 75.4 Å². The van der Waals surface area contributed by atoms with Crippen LogP contribution in [0.2, 0.25) is 0 Å². The van der Waals surface area contributed by atoms with Crippen molar-refractivity contribution in [2.45, 2.75) is 45.1 Å². The van der Waals surface area contributed by atoms with Gasteiger partial charge in [-0.25, -0.2) is 0 Å². The third-order valence-corrected chi connectivity index (χ3v) is 4.68. The summed E-state index contributed by atoms with van der Waals surface area (Å²) in [4.78, 5) is 26.5. The molecule has 0 spiro atoms. The van der Waals surface area contributed by atoms with Crippen LogP contribution >= 0.6 is 12.4 Å². The Morgan fingerprint density at radius 1 is 1.20 bits per heavy atom. The number of amides is 2. The van der Waals surface area contributed by atoms with Crippen LogP contribution < -0.4 is 11.1 Å². The van der Waals surface area contributed by atoms with Crippen LogP contribution in [0.4, 0.5) is 0 Å². The number of carbonyl (C=O) groups excluding carboxylic acids is 2. The molecule has 1 aliphatic rings. The predicted octanol–water partition coefficient (Wildman–Crippen LogP) is 2.65. The van der Waals surface area contributed by atoms with Crippen molar-refractivity contribution < 1.29 is 9.59 Å². The van der Waals surface area contributed by atoms with E-state index in [4.69, 9.17) is 5.73 Å². The number of rotatable bonds is 7. The first-order valence-corrected chi connectivity index (χ1v) is 9.00. The number of hydrogen-bond donors (Lipinski definition) is 2. The van der Waals surface area contributed by atoms with Crippen molar-refractivity contribution in [2.75, 3.05) is 19.6 Å². The van der Waals surface area contributed by atoms with Gasteiger partial charge in [0.25, 0.3) is 0 Å². The van der Waals surface area contributed by atoms with Crippen LogP contribution in [0.15, 0.2) is 30.3 Å². The van der Waals surface area contributed by atoms with Gasteiger partial charge in [-0.2, -0.15) is 0 Å². The van der Waals surface area contributed by atoms with Gasteiger partial charge < -0.3 is 16.0 Å². The van der Waals surface area contributed by atoms with Crippen LogP contribution in [0.5, 0.6) is 0 Å². The lowest BCUT2D eigenvalue weighted by atomic mass is 9.95. The van der Waals surface area contributed by atoms with Gasteiger partial charge in [0.1, 0.15) is 6.04 Å². The Balaban J connectivity index is 0.00000312. The Bertz CT molecular complexity index is 531. The lowest BCUT2D eigenvalue weighted by molar-refractivity contribution is -0.136. The largest absolute Gasteiger partial charge is 0.356 e. The second-order valence-corrected chi connectivity index (χ2v) is 6.49. The normalized spacial score (nSPS) is 16.0. The fraction of sp³-hybridized carbons (Fsp3) is 0.579. The van der Waals surface area contributed by atoms with Gasteiger partial charge in [0.2, 0.25) is 11.8 Å². The molecular weight excluding hydrogens is 338 g/mol. The van der Waals surface area contributed by atoms with Crippen LogP contribution in [0.1, 0.15) is 50.6 Å². The first-order chi connectivity index (χ1) is 11.6. The summed E-state index contributed by atoms with van der Waals surface area (Å²) in [6.07, 6.45) is 4.76. The van der Waals surface area contributed by atoms with Gasteiger partial charge in [-0.1, -0.05) is 50.1 Å². The minimum atomic E-state index is -0.620. The van der Waals surface area contributed by atoms with Crippen LogP contribution in [0.3, 0.4) is 0 Å². The summed E-state index contributed by atoms with van der Waals surface area (Å²) >= 11 is 0. The second-order valence-electron chi connectivity index (χ2n) is 6.49. The Hall–Kier alpha value is -1.59. The van der Waals surface area contributed by atoms with Crippen LogP contribution in [-0.4, -0.2) is 36.3 Å². The van der Waals surface area contributed by atoms with Gasteiger partial charge >= 0.3 is 0 Å². The molecule has 1 aliphatic heterocycles. The molecule has 0 saturated carbocycles. The number of likely N-dealkylation sites (tertiary alicyclic amines) is 1. The Morgan fingerprint density at radius 2 is 1.84 bits per heavy atom. The maximum absolute atomic E-state index is 12.5. The molecule has 25 heavy (non-hydrogen) atoms. The molecule has 1 aromatic carbocycles. The minimum absolute atomic E-state index is 0. The average Bonchev–Trinajstić information content (AvgIpc) is 2.64. The molecule has 140 valence electrons. The van der Waals surface area contributed by atoms with Crippen LogP contribution in [-0.2, 0) is 9.59 Å². The van der Waals surface area contributed by atoms with E-state index in [1.165, 1.54) is 0 Å². The van der Waals surface area contributed by atoms with E-state index in [2.05, 4.69) is 12.2 Å².